The van der Waals surface area contributed by atoms with E-state index < -0.39 is 11.0 Å². The van der Waals surface area contributed by atoms with Gasteiger partial charge in [-0.25, -0.2) is 0 Å². The lowest BCUT2D eigenvalue weighted by Crippen LogP contribution is -2.49. The number of carbonyl (C=O) groups excluding carboxylic acids is 2. The maximum absolute atomic E-state index is 13.2. The quantitative estimate of drug-likeness (QED) is 0.271. The fraction of sp³-hybridized carbons (Fsp3) is 0.417. The van der Waals surface area contributed by atoms with Gasteiger partial charge in [0.2, 0.25) is 11.8 Å². The minimum atomic E-state index is -0.528. The Bertz CT molecular complexity index is 875. The summed E-state index contributed by atoms with van der Waals surface area (Å²) in [5.41, 5.74) is 1.93. The zero-order valence-corrected chi connectivity index (χ0v) is 19.5. The lowest BCUT2D eigenvalue weighted by Gasteiger charge is -2.30. The molecule has 0 unspecified atom stereocenters. The first kappa shape index (κ1) is 25.4. The van der Waals surface area contributed by atoms with Gasteiger partial charge in [0.1, 0.15) is 6.04 Å². The van der Waals surface area contributed by atoms with Crippen LogP contribution in [0.25, 0.3) is 0 Å². The molecule has 0 radical (unpaired) electrons. The summed E-state index contributed by atoms with van der Waals surface area (Å²) in [7, 11) is 0. The number of hydrogen-bond acceptors (Lipinski definition) is 5. The van der Waals surface area contributed by atoms with Crippen molar-refractivity contribution in [2.45, 2.75) is 51.4 Å². The van der Waals surface area contributed by atoms with Crippen LogP contribution in [0.3, 0.4) is 0 Å². The first-order valence-corrected chi connectivity index (χ1v) is 12.0. The summed E-state index contributed by atoms with van der Waals surface area (Å²) in [6.45, 7) is 4.96. The predicted octanol–water partition coefficient (Wildman–Crippen LogP) is 4.55. The van der Waals surface area contributed by atoms with E-state index in [1.165, 1.54) is 23.9 Å². The molecule has 0 saturated heterocycles. The molecule has 172 valence electrons. The van der Waals surface area contributed by atoms with Crippen molar-refractivity contribution in [1.29, 1.82) is 0 Å². The Morgan fingerprint density at radius 3 is 2.34 bits per heavy atom. The van der Waals surface area contributed by atoms with E-state index >= 15 is 0 Å². The smallest absolute Gasteiger partial charge is 0.269 e. The average molecular weight is 458 g/mol. The van der Waals surface area contributed by atoms with Gasteiger partial charge in [0, 0.05) is 31.0 Å². The molecule has 0 bridgehead atoms. The molecule has 0 heterocycles. The number of nitro benzene ring substituents is 1. The van der Waals surface area contributed by atoms with Crippen molar-refractivity contribution in [3.8, 4) is 0 Å². The first-order chi connectivity index (χ1) is 15.5. The summed E-state index contributed by atoms with van der Waals surface area (Å²) in [6, 6.07) is 15.5. The summed E-state index contributed by atoms with van der Waals surface area (Å²) >= 11 is 1.44. The van der Waals surface area contributed by atoms with Crippen LogP contribution in [0.15, 0.2) is 54.6 Å². The summed E-state index contributed by atoms with van der Waals surface area (Å²) in [4.78, 5) is 38.0. The lowest BCUT2D eigenvalue weighted by molar-refractivity contribution is -0.384. The maximum Gasteiger partial charge on any atom is 0.269 e. The van der Waals surface area contributed by atoms with E-state index in [0.29, 0.717) is 25.3 Å². The third-order valence-electron chi connectivity index (χ3n) is 5.05. The molecular weight excluding hydrogens is 426 g/mol. The molecule has 2 aromatic carbocycles. The first-order valence-electron chi connectivity index (χ1n) is 10.9. The Kier molecular flexibility index (Phi) is 10.7. The molecule has 0 aliphatic carbocycles. The number of amides is 2. The Hall–Kier alpha value is -2.87. The Labute approximate surface area is 193 Å². The van der Waals surface area contributed by atoms with Crippen LogP contribution in [0.1, 0.15) is 44.2 Å². The minimum absolute atomic E-state index is 0.0451. The van der Waals surface area contributed by atoms with E-state index in [2.05, 4.69) is 12.2 Å². The van der Waals surface area contributed by atoms with Crippen molar-refractivity contribution in [3.63, 3.8) is 0 Å². The number of benzene rings is 2. The number of unbranched alkanes of at least 4 members (excludes halogenated alkanes) is 1. The predicted molar refractivity (Wildman–Crippen MR) is 128 cm³/mol. The highest BCUT2D eigenvalue weighted by Gasteiger charge is 2.28. The van der Waals surface area contributed by atoms with Crippen molar-refractivity contribution in [2.24, 2.45) is 0 Å². The molecule has 7 nitrogen and oxygen atoms in total. The Balaban J connectivity index is 2.05. The summed E-state index contributed by atoms with van der Waals surface area (Å²) in [5.74, 6) is 0.564. The number of carbonyl (C=O) groups is 2. The monoisotopic (exact) mass is 457 g/mol. The highest BCUT2D eigenvalue weighted by molar-refractivity contribution is 7.99. The van der Waals surface area contributed by atoms with Crippen LogP contribution in [-0.2, 0) is 21.9 Å². The molecule has 0 aliphatic heterocycles. The van der Waals surface area contributed by atoms with Crippen molar-refractivity contribution in [3.05, 3.63) is 75.8 Å². The maximum atomic E-state index is 13.2. The zero-order valence-electron chi connectivity index (χ0n) is 18.7. The van der Waals surface area contributed by atoms with Gasteiger partial charge in [-0.1, -0.05) is 62.7 Å². The summed E-state index contributed by atoms with van der Waals surface area (Å²) < 4.78 is 0. The van der Waals surface area contributed by atoms with Gasteiger partial charge in [-0.3, -0.25) is 19.7 Å². The molecular formula is C24H31N3O4S. The largest absolute Gasteiger partial charge is 0.354 e. The molecule has 0 aromatic heterocycles. The van der Waals surface area contributed by atoms with Gasteiger partial charge >= 0.3 is 0 Å². The summed E-state index contributed by atoms with van der Waals surface area (Å²) in [5, 5.41) is 13.7. The van der Waals surface area contributed by atoms with Gasteiger partial charge in [-0.15, -0.1) is 11.8 Å². The van der Waals surface area contributed by atoms with Crippen LogP contribution >= 0.6 is 11.8 Å². The molecule has 2 amide bonds. The van der Waals surface area contributed by atoms with E-state index in [1.807, 2.05) is 37.3 Å². The zero-order chi connectivity index (χ0) is 23.3. The second-order valence-electron chi connectivity index (χ2n) is 7.49. The highest BCUT2D eigenvalue weighted by atomic mass is 32.2. The standard InChI is InChI=1S/C24H31N3O4S/c1-3-5-15-25-24(29)22(4-2)26(16-19-9-7-6-8-10-19)23(28)18-32-17-20-11-13-21(14-12-20)27(30)31/h6-14,22H,3-5,15-18H2,1-2H3,(H,25,29)/t22-/m1/s1. The fourth-order valence-corrected chi connectivity index (χ4v) is 4.13. The number of nitrogens with zero attached hydrogens (tertiary/aromatic N) is 2. The van der Waals surface area contributed by atoms with E-state index in [4.69, 9.17) is 0 Å². The van der Waals surface area contributed by atoms with Crippen LogP contribution in [-0.4, -0.2) is 40.0 Å². The second kappa shape index (κ2) is 13.5. The highest BCUT2D eigenvalue weighted by Crippen LogP contribution is 2.19. The van der Waals surface area contributed by atoms with E-state index in [9.17, 15) is 19.7 Å². The molecule has 2 rings (SSSR count). The van der Waals surface area contributed by atoms with Crippen molar-refractivity contribution >= 4 is 29.3 Å². The molecule has 0 spiro atoms. The van der Waals surface area contributed by atoms with E-state index in [0.717, 1.165) is 24.0 Å². The molecule has 0 aliphatic rings. The van der Waals surface area contributed by atoms with Crippen LogP contribution < -0.4 is 5.32 Å². The number of non-ortho nitro benzene ring substituents is 1. The number of thioether (sulfide) groups is 1. The van der Waals surface area contributed by atoms with Gasteiger partial charge < -0.3 is 10.2 Å². The molecule has 1 atom stereocenters. The minimum Gasteiger partial charge on any atom is -0.354 e. The molecule has 0 fully saturated rings. The van der Waals surface area contributed by atoms with Gasteiger partial charge in [-0.2, -0.15) is 0 Å². The van der Waals surface area contributed by atoms with Crippen LogP contribution in [0.5, 0.6) is 0 Å². The number of nitro groups is 1. The van der Waals surface area contributed by atoms with Crippen LogP contribution in [0.4, 0.5) is 5.69 Å². The van der Waals surface area contributed by atoms with Crippen LogP contribution in [0, 0.1) is 10.1 Å². The van der Waals surface area contributed by atoms with Crippen molar-refractivity contribution < 1.29 is 14.5 Å². The second-order valence-corrected chi connectivity index (χ2v) is 8.48. The molecule has 8 heteroatoms. The van der Waals surface area contributed by atoms with Gasteiger partial charge in [-0.05, 0) is 24.0 Å². The number of nitrogens with one attached hydrogen (secondary N) is 1. The van der Waals surface area contributed by atoms with Gasteiger partial charge in [0.15, 0.2) is 0 Å². The summed E-state index contributed by atoms with van der Waals surface area (Å²) in [6.07, 6.45) is 2.42. The molecule has 0 saturated carbocycles. The third kappa shape index (κ3) is 8.00. The Morgan fingerprint density at radius 2 is 1.75 bits per heavy atom. The third-order valence-corrected chi connectivity index (χ3v) is 6.04. The van der Waals surface area contributed by atoms with E-state index in [-0.39, 0.29) is 23.3 Å². The van der Waals surface area contributed by atoms with Crippen molar-refractivity contribution in [2.75, 3.05) is 12.3 Å². The molecule has 1 N–H and O–H groups in total. The fourth-order valence-electron chi connectivity index (χ4n) is 3.26. The van der Waals surface area contributed by atoms with Gasteiger partial charge in [0.05, 0.1) is 10.7 Å². The average Bonchev–Trinajstić information content (AvgIpc) is 2.80. The lowest BCUT2D eigenvalue weighted by atomic mass is 10.1. The molecule has 2 aromatic rings. The number of hydrogen-bond donors (Lipinski definition) is 1. The SMILES string of the molecule is CCCCNC(=O)[C@@H](CC)N(Cc1ccccc1)C(=O)CSCc1ccc([N+](=O)[O-])cc1. The van der Waals surface area contributed by atoms with Crippen LogP contribution in [0.2, 0.25) is 0 Å². The normalized spacial score (nSPS) is 11.6. The number of rotatable bonds is 13. The Morgan fingerprint density at radius 1 is 1.06 bits per heavy atom. The topological polar surface area (TPSA) is 92.6 Å². The molecule has 32 heavy (non-hydrogen) atoms. The van der Waals surface area contributed by atoms with Crippen molar-refractivity contribution in [1.82, 2.24) is 10.2 Å². The van der Waals surface area contributed by atoms with Gasteiger partial charge in [0.25, 0.3) is 5.69 Å². The van der Waals surface area contributed by atoms with E-state index in [1.54, 1.807) is 17.0 Å².